The van der Waals surface area contributed by atoms with E-state index in [9.17, 15) is 13.2 Å². The van der Waals surface area contributed by atoms with E-state index in [-0.39, 0.29) is 12.1 Å². The zero-order valence-corrected chi connectivity index (χ0v) is 13.2. The molecule has 1 rings (SSSR count). The topological polar surface area (TPSA) is 38.5 Å². The van der Waals surface area contributed by atoms with Crippen LogP contribution in [0.3, 0.4) is 0 Å². The Labute approximate surface area is 126 Å². The first-order valence-electron chi connectivity index (χ1n) is 7.92. The second kappa shape index (κ2) is 8.34. The van der Waals surface area contributed by atoms with E-state index in [0.29, 0.717) is 19.0 Å². The highest BCUT2D eigenvalue weighted by Gasteiger charge is 2.38. The lowest BCUT2D eigenvalue weighted by molar-refractivity contribution is -0.175. The molecule has 1 aliphatic carbocycles. The van der Waals surface area contributed by atoms with Gasteiger partial charge in [0.15, 0.2) is 0 Å². The van der Waals surface area contributed by atoms with Gasteiger partial charge in [0.25, 0.3) is 0 Å². The molecule has 3 nitrogen and oxygen atoms in total. The number of hydrogen-bond donors (Lipinski definition) is 1. The van der Waals surface area contributed by atoms with E-state index in [1.165, 1.54) is 6.42 Å². The summed E-state index contributed by atoms with van der Waals surface area (Å²) in [7, 11) is 0. The molecule has 1 saturated carbocycles. The van der Waals surface area contributed by atoms with Crippen LogP contribution in [0.4, 0.5) is 13.2 Å². The molecule has 0 radical (unpaired) electrons. The second-order valence-electron chi connectivity index (χ2n) is 6.28. The van der Waals surface area contributed by atoms with Gasteiger partial charge in [-0.2, -0.15) is 13.2 Å². The SMILES string of the molecule is CCCN(CCOCC(F)(F)F)C1(CN)CCCC(C)C1. The summed E-state index contributed by atoms with van der Waals surface area (Å²) in [6, 6.07) is 0. The van der Waals surface area contributed by atoms with Crippen LogP contribution in [0.2, 0.25) is 0 Å². The standard InChI is InChI=1S/C15H29F3N2O/c1-3-7-20(8-9-21-12-15(16,17)18)14(11-19)6-4-5-13(2)10-14/h13H,3-12,19H2,1-2H3. The van der Waals surface area contributed by atoms with E-state index in [4.69, 9.17) is 10.5 Å². The first-order chi connectivity index (χ1) is 9.83. The van der Waals surface area contributed by atoms with Crippen LogP contribution in [0, 0.1) is 5.92 Å². The summed E-state index contributed by atoms with van der Waals surface area (Å²) >= 11 is 0. The van der Waals surface area contributed by atoms with Crippen molar-refractivity contribution in [3.8, 4) is 0 Å². The highest BCUT2D eigenvalue weighted by Crippen LogP contribution is 2.36. The molecular weight excluding hydrogens is 281 g/mol. The maximum absolute atomic E-state index is 12.1. The van der Waals surface area contributed by atoms with Crippen molar-refractivity contribution in [1.29, 1.82) is 0 Å². The Kier molecular flexibility index (Phi) is 7.44. The lowest BCUT2D eigenvalue weighted by atomic mass is 9.75. The highest BCUT2D eigenvalue weighted by atomic mass is 19.4. The Morgan fingerprint density at radius 2 is 2.05 bits per heavy atom. The largest absolute Gasteiger partial charge is 0.411 e. The van der Waals surface area contributed by atoms with Gasteiger partial charge in [-0.25, -0.2) is 0 Å². The van der Waals surface area contributed by atoms with Crippen molar-refractivity contribution < 1.29 is 17.9 Å². The Balaban J connectivity index is 2.57. The summed E-state index contributed by atoms with van der Waals surface area (Å²) in [4.78, 5) is 2.26. The fraction of sp³-hybridized carbons (Fsp3) is 1.00. The summed E-state index contributed by atoms with van der Waals surface area (Å²) < 4.78 is 41.1. The quantitative estimate of drug-likeness (QED) is 0.700. The van der Waals surface area contributed by atoms with Crippen LogP contribution >= 0.6 is 0 Å². The van der Waals surface area contributed by atoms with Crippen LogP contribution in [-0.2, 0) is 4.74 Å². The third-order valence-electron chi connectivity index (χ3n) is 4.38. The summed E-state index contributed by atoms with van der Waals surface area (Å²) in [5, 5.41) is 0. The summed E-state index contributed by atoms with van der Waals surface area (Å²) in [6.07, 6.45) is 1.14. The van der Waals surface area contributed by atoms with Crippen molar-refractivity contribution in [1.82, 2.24) is 4.90 Å². The molecule has 0 aromatic carbocycles. The summed E-state index contributed by atoms with van der Waals surface area (Å²) in [5.74, 6) is 0.623. The molecule has 0 saturated heterocycles. The Bertz CT molecular complexity index is 299. The van der Waals surface area contributed by atoms with Crippen molar-refractivity contribution in [3.05, 3.63) is 0 Å². The average molecular weight is 310 g/mol. The molecule has 0 aromatic heterocycles. The van der Waals surface area contributed by atoms with E-state index in [2.05, 4.69) is 18.7 Å². The van der Waals surface area contributed by atoms with E-state index < -0.39 is 12.8 Å². The van der Waals surface area contributed by atoms with Crippen LogP contribution < -0.4 is 5.73 Å². The fourth-order valence-corrected chi connectivity index (χ4v) is 3.45. The zero-order valence-electron chi connectivity index (χ0n) is 13.2. The molecular formula is C15H29F3N2O. The summed E-state index contributed by atoms with van der Waals surface area (Å²) in [5.41, 5.74) is 5.98. The van der Waals surface area contributed by atoms with Crippen LogP contribution in [0.5, 0.6) is 0 Å². The van der Waals surface area contributed by atoms with Gasteiger partial charge in [-0.05, 0) is 31.7 Å². The molecule has 0 aromatic rings. The maximum Gasteiger partial charge on any atom is 0.411 e. The fourth-order valence-electron chi connectivity index (χ4n) is 3.45. The van der Waals surface area contributed by atoms with Gasteiger partial charge < -0.3 is 10.5 Å². The number of rotatable bonds is 8. The molecule has 0 heterocycles. The predicted octanol–water partition coefficient (Wildman–Crippen LogP) is 3.18. The van der Waals surface area contributed by atoms with Crippen LogP contribution in [0.25, 0.3) is 0 Å². The Morgan fingerprint density at radius 3 is 2.57 bits per heavy atom. The van der Waals surface area contributed by atoms with Gasteiger partial charge in [-0.1, -0.05) is 26.7 Å². The monoisotopic (exact) mass is 310 g/mol. The van der Waals surface area contributed by atoms with Crippen LogP contribution in [0.15, 0.2) is 0 Å². The molecule has 6 heteroatoms. The number of ether oxygens (including phenoxy) is 1. The van der Waals surface area contributed by atoms with Crippen LogP contribution in [-0.4, -0.2) is 49.5 Å². The van der Waals surface area contributed by atoms with Crippen molar-refractivity contribution in [2.75, 3.05) is 32.8 Å². The molecule has 0 spiro atoms. The van der Waals surface area contributed by atoms with Crippen molar-refractivity contribution in [2.24, 2.45) is 11.7 Å². The van der Waals surface area contributed by atoms with Crippen LogP contribution in [0.1, 0.15) is 46.0 Å². The minimum atomic E-state index is -4.25. The number of nitrogens with two attached hydrogens (primary N) is 1. The minimum absolute atomic E-state index is 0.0602. The molecule has 2 unspecified atom stereocenters. The molecule has 0 bridgehead atoms. The molecule has 0 amide bonds. The molecule has 126 valence electrons. The average Bonchev–Trinajstić information content (AvgIpc) is 2.41. The first kappa shape index (κ1) is 18.7. The summed E-state index contributed by atoms with van der Waals surface area (Å²) in [6.45, 7) is 5.20. The smallest absolute Gasteiger partial charge is 0.371 e. The van der Waals surface area contributed by atoms with Crippen molar-refractivity contribution >= 4 is 0 Å². The van der Waals surface area contributed by atoms with E-state index in [0.717, 1.165) is 32.2 Å². The van der Waals surface area contributed by atoms with E-state index in [1.54, 1.807) is 0 Å². The van der Waals surface area contributed by atoms with Gasteiger partial charge in [-0.3, -0.25) is 4.90 Å². The van der Waals surface area contributed by atoms with Crippen molar-refractivity contribution in [3.63, 3.8) is 0 Å². The van der Waals surface area contributed by atoms with Gasteiger partial charge in [0, 0.05) is 18.6 Å². The van der Waals surface area contributed by atoms with Gasteiger partial charge >= 0.3 is 6.18 Å². The van der Waals surface area contributed by atoms with Gasteiger partial charge in [0.1, 0.15) is 6.61 Å². The normalized spacial score (nSPS) is 27.3. The molecule has 1 aliphatic rings. The molecule has 2 atom stereocenters. The molecule has 1 fully saturated rings. The lowest BCUT2D eigenvalue weighted by Crippen LogP contribution is -2.57. The first-order valence-corrected chi connectivity index (χ1v) is 7.92. The molecule has 0 aliphatic heterocycles. The Hall–Kier alpha value is -0.330. The van der Waals surface area contributed by atoms with E-state index in [1.807, 2.05) is 0 Å². The molecule has 21 heavy (non-hydrogen) atoms. The number of nitrogens with zero attached hydrogens (tertiary/aromatic N) is 1. The highest BCUT2D eigenvalue weighted by molar-refractivity contribution is 4.95. The zero-order chi connectivity index (χ0) is 15.9. The molecule has 2 N–H and O–H groups in total. The second-order valence-corrected chi connectivity index (χ2v) is 6.28. The number of hydrogen-bond acceptors (Lipinski definition) is 3. The lowest BCUT2D eigenvalue weighted by Gasteiger charge is -2.48. The van der Waals surface area contributed by atoms with E-state index >= 15 is 0 Å². The number of alkyl halides is 3. The van der Waals surface area contributed by atoms with Gasteiger partial charge in [0.05, 0.1) is 6.61 Å². The third-order valence-corrected chi connectivity index (χ3v) is 4.38. The van der Waals surface area contributed by atoms with Gasteiger partial charge in [-0.15, -0.1) is 0 Å². The van der Waals surface area contributed by atoms with Crippen molar-refractivity contribution in [2.45, 2.75) is 57.7 Å². The minimum Gasteiger partial charge on any atom is -0.371 e. The third kappa shape index (κ3) is 6.12. The van der Waals surface area contributed by atoms with Gasteiger partial charge in [0.2, 0.25) is 0 Å². The predicted molar refractivity (Wildman–Crippen MR) is 78.2 cm³/mol. The number of halogens is 3. The Morgan fingerprint density at radius 1 is 1.33 bits per heavy atom. The maximum atomic E-state index is 12.1.